The highest BCUT2D eigenvalue weighted by molar-refractivity contribution is 5.83. The summed E-state index contributed by atoms with van der Waals surface area (Å²) in [5.41, 5.74) is 0. The zero-order chi connectivity index (χ0) is 11.2. The fourth-order valence-electron chi connectivity index (χ4n) is 3.40. The number of hydrogen-bond acceptors (Lipinski definition) is 2. The Bertz CT molecular complexity index is 259. The molecular formula is C13H23NO. The van der Waals surface area contributed by atoms with Crippen molar-refractivity contribution >= 4 is 5.78 Å². The molecular weight excluding hydrogens is 186 g/mol. The van der Waals surface area contributed by atoms with Gasteiger partial charge < -0.3 is 0 Å². The van der Waals surface area contributed by atoms with Gasteiger partial charge >= 0.3 is 0 Å². The number of rotatable bonds is 3. The van der Waals surface area contributed by atoms with Gasteiger partial charge in [0.1, 0.15) is 5.78 Å². The third-order valence-electron chi connectivity index (χ3n) is 4.18. The lowest BCUT2D eigenvalue weighted by Gasteiger charge is -2.34. The van der Waals surface area contributed by atoms with Gasteiger partial charge in [0, 0.05) is 30.5 Å². The first-order chi connectivity index (χ1) is 7.00. The molecule has 1 heterocycles. The highest BCUT2D eigenvalue weighted by atomic mass is 16.1. The van der Waals surface area contributed by atoms with E-state index in [0.29, 0.717) is 29.7 Å². The largest absolute Gasteiger partial charge is 0.299 e. The maximum atomic E-state index is 12.0. The second-order valence-corrected chi connectivity index (χ2v) is 5.84. The van der Waals surface area contributed by atoms with Crippen molar-refractivity contribution < 1.29 is 4.79 Å². The topological polar surface area (TPSA) is 20.3 Å². The Morgan fingerprint density at radius 3 is 2.27 bits per heavy atom. The zero-order valence-corrected chi connectivity index (χ0v) is 10.4. The number of fused-ring (bicyclic) bond motifs is 2. The van der Waals surface area contributed by atoms with E-state index < -0.39 is 0 Å². The van der Waals surface area contributed by atoms with E-state index in [4.69, 9.17) is 0 Å². The second-order valence-electron chi connectivity index (χ2n) is 5.84. The minimum absolute atomic E-state index is 0.224. The van der Waals surface area contributed by atoms with Crippen molar-refractivity contribution in [2.24, 2.45) is 17.8 Å². The molecule has 1 saturated heterocycles. The molecule has 1 saturated carbocycles. The normalized spacial score (nSPS) is 35.7. The van der Waals surface area contributed by atoms with Crippen LogP contribution in [0.2, 0.25) is 0 Å². The summed E-state index contributed by atoms with van der Waals surface area (Å²) in [6.45, 7) is 9.76. The average Bonchev–Trinajstić information content (AvgIpc) is 2.74. The lowest BCUT2D eigenvalue weighted by Crippen LogP contribution is -2.42. The van der Waals surface area contributed by atoms with Gasteiger partial charge in [0.15, 0.2) is 0 Å². The quantitative estimate of drug-likeness (QED) is 0.711. The summed E-state index contributed by atoms with van der Waals surface area (Å²) in [5, 5.41) is 0. The summed E-state index contributed by atoms with van der Waals surface area (Å²) in [5.74, 6) is 1.77. The molecule has 2 bridgehead atoms. The van der Waals surface area contributed by atoms with Crippen molar-refractivity contribution in [1.82, 2.24) is 4.90 Å². The zero-order valence-electron chi connectivity index (χ0n) is 10.4. The van der Waals surface area contributed by atoms with Crippen LogP contribution in [0.4, 0.5) is 0 Å². The van der Waals surface area contributed by atoms with Gasteiger partial charge in [-0.3, -0.25) is 9.69 Å². The van der Waals surface area contributed by atoms with Crippen LogP contribution in [-0.4, -0.2) is 29.3 Å². The molecule has 2 nitrogen and oxygen atoms in total. The monoisotopic (exact) mass is 209 g/mol. The molecule has 2 fully saturated rings. The van der Waals surface area contributed by atoms with Crippen LogP contribution >= 0.6 is 0 Å². The van der Waals surface area contributed by atoms with E-state index in [-0.39, 0.29) is 5.92 Å². The number of Topliss-reactive ketones (excluding diaryl/α,β-unsaturated/α-hetero) is 1. The molecule has 2 aliphatic rings. The lowest BCUT2D eigenvalue weighted by atomic mass is 9.85. The smallest absolute Gasteiger partial charge is 0.138 e. The molecule has 1 unspecified atom stereocenters. The number of likely N-dealkylation sites (tertiary alicyclic amines) is 1. The molecule has 0 aromatic heterocycles. The van der Waals surface area contributed by atoms with Crippen LogP contribution in [0.25, 0.3) is 0 Å². The Balaban J connectivity index is 2.00. The van der Waals surface area contributed by atoms with Gasteiger partial charge in [0.05, 0.1) is 0 Å². The molecule has 0 aromatic rings. The Kier molecular flexibility index (Phi) is 2.89. The Labute approximate surface area is 93.0 Å². The third kappa shape index (κ3) is 1.84. The second kappa shape index (κ2) is 3.89. The van der Waals surface area contributed by atoms with Gasteiger partial charge in [-0.25, -0.2) is 0 Å². The summed E-state index contributed by atoms with van der Waals surface area (Å²) in [6, 6.07) is 1.35. The Morgan fingerprint density at radius 2 is 1.87 bits per heavy atom. The first-order valence-electron chi connectivity index (χ1n) is 6.30. The molecule has 1 aliphatic carbocycles. The average molecular weight is 209 g/mol. The summed E-state index contributed by atoms with van der Waals surface area (Å²) in [6.07, 6.45) is 2.39. The van der Waals surface area contributed by atoms with E-state index in [1.54, 1.807) is 0 Å². The van der Waals surface area contributed by atoms with Gasteiger partial charge in [-0.1, -0.05) is 13.8 Å². The van der Waals surface area contributed by atoms with E-state index in [1.165, 1.54) is 6.42 Å². The van der Waals surface area contributed by atoms with Gasteiger partial charge in [0.2, 0.25) is 0 Å². The molecule has 86 valence electrons. The Hall–Kier alpha value is -0.370. The number of hydrogen-bond donors (Lipinski definition) is 0. The molecule has 2 rings (SSSR count). The predicted molar refractivity (Wildman–Crippen MR) is 61.7 cm³/mol. The first-order valence-corrected chi connectivity index (χ1v) is 6.30. The maximum absolute atomic E-state index is 12.0. The summed E-state index contributed by atoms with van der Waals surface area (Å²) in [4.78, 5) is 14.6. The highest BCUT2D eigenvalue weighted by Crippen LogP contribution is 2.44. The van der Waals surface area contributed by atoms with E-state index in [9.17, 15) is 4.79 Å². The number of carbonyl (C=O) groups is 1. The fraction of sp³-hybridized carbons (Fsp3) is 0.923. The molecule has 0 radical (unpaired) electrons. The number of carbonyl (C=O) groups excluding carboxylic acids is 1. The lowest BCUT2D eigenvalue weighted by molar-refractivity contribution is -0.127. The van der Waals surface area contributed by atoms with Crippen LogP contribution < -0.4 is 0 Å². The van der Waals surface area contributed by atoms with E-state index in [2.05, 4.69) is 18.7 Å². The van der Waals surface area contributed by atoms with Gasteiger partial charge in [-0.2, -0.15) is 0 Å². The third-order valence-corrected chi connectivity index (χ3v) is 4.18. The minimum atomic E-state index is 0.224. The first kappa shape index (κ1) is 11.1. The molecule has 3 atom stereocenters. The van der Waals surface area contributed by atoms with Crippen LogP contribution in [0.3, 0.4) is 0 Å². The minimum Gasteiger partial charge on any atom is -0.299 e. The van der Waals surface area contributed by atoms with Crippen LogP contribution in [-0.2, 0) is 4.79 Å². The fourth-order valence-corrected chi connectivity index (χ4v) is 3.40. The molecule has 0 spiro atoms. The van der Waals surface area contributed by atoms with Crippen LogP contribution in [0.1, 0.15) is 40.5 Å². The summed E-state index contributed by atoms with van der Waals surface area (Å²) in [7, 11) is 0. The molecule has 0 N–H and O–H groups in total. The maximum Gasteiger partial charge on any atom is 0.138 e. The van der Waals surface area contributed by atoms with Crippen LogP contribution in [0.15, 0.2) is 0 Å². The highest BCUT2D eigenvalue weighted by Gasteiger charge is 2.47. The van der Waals surface area contributed by atoms with E-state index in [1.807, 2.05) is 13.8 Å². The molecule has 1 aliphatic heterocycles. The van der Waals surface area contributed by atoms with Crippen molar-refractivity contribution in [2.45, 2.75) is 52.6 Å². The van der Waals surface area contributed by atoms with Gasteiger partial charge in [0.25, 0.3) is 0 Å². The van der Waals surface area contributed by atoms with Crippen LogP contribution in [0, 0.1) is 17.8 Å². The molecule has 15 heavy (non-hydrogen) atoms. The number of ketones is 1. The van der Waals surface area contributed by atoms with Crippen molar-refractivity contribution in [2.75, 3.05) is 6.54 Å². The van der Waals surface area contributed by atoms with Crippen molar-refractivity contribution in [1.29, 1.82) is 0 Å². The van der Waals surface area contributed by atoms with Gasteiger partial charge in [-0.15, -0.1) is 0 Å². The van der Waals surface area contributed by atoms with Crippen molar-refractivity contribution in [3.05, 3.63) is 0 Å². The number of nitrogens with zero attached hydrogens (tertiary/aromatic N) is 1. The summed E-state index contributed by atoms with van der Waals surface area (Å²) < 4.78 is 0. The van der Waals surface area contributed by atoms with Gasteiger partial charge in [-0.05, 0) is 32.6 Å². The molecule has 2 heteroatoms. The molecule has 0 aromatic carbocycles. The predicted octanol–water partition coefficient (Wildman–Crippen LogP) is 2.33. The van der Waals surface area contributed by atoms with E-state index >= 15 is 0 Å². The Morgan fingerprint density at radius 1 is 1.20 bits per heavy atom. The SMILES string of the molecule is CC(C)C(=O)C1C[C@H]2C[C@@H]1CN2C(C)C. The van der Waals surface area contributed by atoms with Crippen molar-refractivity contribution in [3.8, 4) is 0 Å². The van der Waals surface area contributed by atoms with E-state index in [0.717, 1.165) is 13.0 Å². The standard InChI is InChI=1S/C13H23NO/c1-8(2)13(15)12-6-11-5-10(12)7-14(11)9(3)4/h8-12H,5-7H2,1-4H3/t10-,11-,12?/m1/s1. The molecule has 0 amide bonds. The number of piperidine rings is 1. The summed E-state index contributed by atoms with van der Waals surface area (Å²) >= 11 is 0. The van der Waals surface area contributed by atoms with Crippen molar-refractivity contribution in [3.63, 3.8) is 0 Å². The van der Waals surface area contributed by atoms with Crippen LogP contribution in [0.5, 0.6) is 0 Å².